The van der Waals surface area contributed by atoms with E-state index >= 15 is 0 Å². The van der Waals surface area contributed by atoms with E-state index in [-0.39, 0.29) is 12.2 Å². The minimum Gasteiger partial charge on any atom is -0.437 e. The fraction of sp³-hybridized carbons (Fsp3) is 0.600. The SMILES string of the molecule is CO[C@@H]1CO[B][C@H]1C[C@H](C)[C@@H](OC)c1ccccc1. The topological polar surface area (TPSA) is 27.7 Å². The van der Waals surface area contributed by atoms with Crippen LogP contribution in [-0.2, 0) is 14.1 Å². The van der Waals surface area contributed by atoms with Crippen molar-refractivity contribution in [3.63, 3.8) is 0 Å². The van der Waals surface area contributed by atoms with E-state index < -0.39 is 0 Å². The van der Waals surface area contributed by atoms with Crippen LogP contribution in [0.4, 0.5) is 0 Å². The lowest BCUT2D eigenvalue weighted by molar-refractivity contribution is 0.0390. The molecule has 0 N–H and O–H groups in total. The zero-order chi connectivity index (χ0) is 13.7. The average Bonchev–Trinajstić information content (AvgIpc) is 2.88. The zero-order valence-corrected chi connectivity index (χ0v) is 11.9. The molecular formula is C15H22BO3. The summed E-state index contributed by atoms with van der Waals surface area (Å²) >= 11 is 0. The maximum Gasteiger partial charge on any atom is 0.298 e. The van der Waals surface area contributed by atoms with E-state index in [1.165, 1.54) is 5.56 Å². The van der Waals surface area contributed by atoms with Gasteiger partial charge >= 0.3 is 0 Å². The normalized spacial score (nSPS) is 25.8. The Morgan fingerprint density at radius 2 is 2.05 bits per heavy atom. The van der Waals surface area contributed by atoms with Crippen LogP contribution in [-0.4, -0.2) is 34.4 Å². The predicted octanol–water partition coefficient (Wildman–Crippen LogP) is 2.85. The van der Waals surface area contributed by atoms with Crippen LogP contribution in [0.15, 0.2) is 30.3 Å². The number of benzene rings is 1. The van der Waals surface area contributed by atoms with Gasteiger partial charge in [0.2, 0.25) is 0 Å². The Kier molecular flexibility index (Phi) is 5.43. The molecule has 1 fully saturated rings. The first-order chi connectivity index (χ1) is 9.26. The third-order valence-corrected chi connectivity index (χ3v) is 3.85. The van der Waals surface area contributed by atoms with Gasteiger partial charge in [-0.15, -0.1) is 0 Å². The summed E-state index contributed by atoms with van der Waals surface area (Å²) in [6.07, 6.45) is 1.30. The van der Waals surface area contributed by atoms with Gasteiger partial charge < -0.3 is 14.1 Å². The van der Waals surface area contributed by atoms with Crippen molar-refractivity contribution in [1.82, 2.24) is 0 Å². The Labute approximate surface area is 116 Å². The Hall–Kier alpha value is -0.835. The first kappa shape index (κ1) is 14.6. The second-order valence-corrected chi connectivity index (χ2v) is 5.19. The van der Waals surface area contributed by atoms with Gasteiger partial charge in [-0.05, 0) is 23.7 Å². The second-order valence-electron chi connectivity index (χ2n) is 5.19. The van der Waals surface area contributed by atoms with Crippen molar-refractivity contribution < 1.29 is 14.1 Å². The summed E-state index contributed by atoms with van der Waals surface area (Å²) in [5, 5.41) is 0. The van der Waals surface area contributed by atoms with E-state index in [1.807, 2.05) is 13.5 Å². The molecule has 1 aliphatic heterocycles. The van der Waals surface area contributed by atoms with Gasteiger partial charge in [0.1, 0.15) is 0 Å². The molecular weight excluding hydrogens is 239 g/mol. The number of methoxy groups -OCH3 is 2. The molecule has 1 saturated heterocycles. The van der Waals surface area contributed by atoms with Gasteiger partial charge in [-0.1, -0.05) is 37.3 Å². The van der Waals surface area contributed by atoms with Crippen LogP contribution in [0, 0.1) is 5.92 Å². The van der Waals surface area contributed by atoms with Gasteiger partial charge in [0.15, 0.2) is 0 Å². The smallest absolute Gasteiger partial charge is 0.298 e. The standard InChI is InChI=1S/C15H22BO3/c1-11(9-13-14(17-2)10-19-16-13)15(18-3)12-7-5-4-6-8-12/h4-8,11,13-15H,9-10H2,1-3H3/t11-,13-,14+,15+/m0/s1. The Bertz CT molecular complexity index is 371. The summed E-state index contributed by atoms with van der Waals surface area (Å²) in [7, 11) is 5.44. The fourth-order valence-electron chi connectivity index (χ4n) is 2.83. The van der Waals surface area contributed by atoms with Crippen molar-refractivity contribution in [3.8, 4) is 0 Å². The number of rotatable bonds is 6. The fourth-order valence-corrected chi connectivity index (χ4v) is 2.83. The number of hydrogen-bond donors (Lipinski definition) is 0. The molecule has 103 valence electrons. The van der Waals surface area contributed by atoms with Crippen LogP contribution in [0.3, 0.4) is 0 Å². The van der Waals surface area contributed by atoms with Gasteiger partial charge in [0.05, 0.1) is 18.8 Å². The lowest BCUT2D eigenvalue weighted by atomic mass is 9.72. The van der Waals surface area contributed by atoms with Gasteiger partial charge in [-0.3, -0.25) is 0 Å². The van der Waals surface area contributed by atoms with Crippen molar-refractivity contribution in [2.45, 2.75) is 31.4 Å². The van der Waals surface area contributed by atoms with E-state index in [1.54, 1.807) is 14.2 Å². The first-order valence-corrected chi connectivity index (χ1v) is 6.81. The highest BCUT2D eigenvalue weighted by atomic mass is 16.5. The average molecular weight is 261 g/mol. The highest BCUT2D eigenvalue weighted by Gasteiger charge is 2.33. The zero-order valence-electron chi connectivity index (χ0n) is 11.9. The molecule has 1 aliphatic rings. The molecule has 1 radical (unpaired) electrons. The largest absolute Gasteiger partial charge is 0.437 e. The predicted molar refractivity (Wildman–Crippen MR) is 76.2 cm³/mol. The molecule has 1 heterocycles. The van der Waals surface area contributed by atoms with Crippen LogP contribution < -0.4 is 0 Å². The Balaban J connectivity index is 1.99. The molecule has 4 atom stereocenters. The van der Waals surface area contributed by atoms with Crippen molar-refractivity contribution in [1.29, 1.82) is 0 Å². The van der Waals surface area contributed by atoms with Crippen molar-refractivity contribution in [2.75, 3.05) is 20.8 Å². The molecule has 0 bridgehead atoms. The minimum atomic E-state index is 0.118. The quantitative estimate of drug-likeness (QED) is 0.737. The van der Waals surface area contributed by atoms with Crippen molar-refractivity contribution in [2.24, 2.45) is 5.92 Å². The Morgan fingerprint density at radius 3 is 2.68 bits per heavy atom. The third kappa shape index (κ3) is 3.59. The van der Waals surface area contributed by atoms with E-state index in [9.17, 15) is 0 Å². The van der Waals surface area contributed by atoms with Crippen LogP contribution >= 0.6 is 0 Å². The van der Waals surface area contributed by atoms with E-state index in [0.717, 1.165) is 6.42 Å². The molecule has 19 heavy (non-hydrogen) atoms. The molecule has 1 aromatic rings. The van der Waals surface area contributed by atoms with Crippen molar-refractivity contribution >= 4 is 7.48 Å². The number of ether oxygens (including phenoxy) is 2. The summed E-state index contributed by atoms with van der Waals surface area (Å²) in [6.45, 7) is 2.89. The molecule has 3 nitrogen and oxygen atoms in total. The molecule has 0 amide bonds. The highest BCUT2D eigenvalue weighted by molar-refractivity contribution is 6.30. The molecule has 0 aliphatic carbocycles. The summed E-state index contributed by atoms with van der Waals surface area (Å²) < 4.78 is 16.5. The summed E-state index contributed by atoms with van der Waals surface area (Å²) in [6, 6.07) is 10.4. The molecule has 1 aromatic carbocycles. The number of hydrogen-bond acceptors (Lipinski definition) is 3. The van der Waals surface area contributed by atoms with E-state index in [2.05, 4.69) is 31.2 Å². The minimum absolute atomic E-state index is 0.118. The molecule has 2 rings (SSSR count). The highest BCUT2D eigenvalue weighted by Crippen LogP contribution is 2.35. The van der Waals surface area contributed by atoms with Gasteiger partial charge in [0, 0.05) is 14.2 Å². The van der Waals surface area contributed by atoms with Crippen LogP contribution in [0.25, 0.3) is 0 Å². The molecule has 0 spiro atoms. The van der Waals surface area contributed by atoms with Gasteiger partial charge in [-0.2, -0.15) is 0 Å². The first-order valence-electron chi connectivity index (χ1n) is 6.81. The van der Waals surface area contributed by atoms with Crippen LogP contribution in [0.5, 0.6) is 0 Å². The molecule has 0 unspecified atom stereocenters. The molecule has 4 heteroatoms. The lowest BCUT2D eigenvalue weighted by Crippen LogP contribution is -2.22. The summed E-state index contributed by atoms with van der Waals surface area (Å²) in [5.74, 6) is 0.759. The van der Waals surface area contributed by atoms with E-state index in [0.29, 0.717) is 18.3 Å². The lowest BCUT2D eigenvalue weighted by Gasteiger charge is -2.26. The van der Waals surface area contributed by atoms with Gasteiger partial charge in [0.25, 0.3) is 7.48 Å². The van der Waals surface area contributed by atoms with Crippen LogP contribution in [0.1, 0.15) is 25.0 Å². The molecule has 0 aromatic heterocycles. The van der Waals surface area contributed by atoms with Gasteiger partial charge in [-0.25, -0.2) is 0 Å². The maximum absolute atomic E-state index is 5.68. The third-order valence-electron chi connectivity index (χ3n) is 3.85. The Morgan fingerprint density at radius 1 is 1.32 bits per heavy atom. The molecule has 0 saturated carbocycles. The summed E-state index contributed by atoms with van der Waals surface area (Å²) in [5.41, 5.74) is 1.23. The van der Waals surface area contributed by atoms with Crippen molar-refractivity contribution in [3.05, 3.63) is 35.9 Å². The summed E-state index contributed by atoms with van der Waals surface area (Å²) in [4.78, 5) is 0. The maximum atomic E-state index is 5.68. The van der Waals surface area contributed by atoms with E-state index in [4.69, 9.17) is 14.1 Å². The van der Waals surface area contributed by atoms with Crippen LogP contribution in [0.2, 0.25) is 5.82 Å². The second kappa shape index (κ2) is 7.08. The monoisotopic (exact) mass is 261 g/mol.